The summed E-state index contributed by atoms with van der Waals surface area (Å²) in [7, 11) is 1.94. The molecule has 2 heterocycles. The van der Waals surface area contributed by atoms with Crippen LogP contribution < -0.4 is 5.32 Å². The Balaban J connectivity index is 2.54. The van der Waals surface area contributed by atoms with E-state index in [2.05, 4.69) is 14.7 Å². The number of imidazole rings is 1. The zero-order valence-electron chi connectivity index (χ0n) is 8.57. The maximum absolute atomic E-state index is 10.9. The molecule has 0 bridgehead atoms. The SMILES string of the molecule is CSc1nc2c(NC(C)=O)nsc2n1C. The lowest BCUT2D eigenvalue weighted by molar-refractivity contribution is -0.114. The zero-order chi connectivity index (χ0) is 11.0. The molecule has 0 radical (unpaired) electrons. The van der Waals surface area contributed by atoms with Crippen LogP contribution in [0.5, 0.6) is 0 Å². The van der Waals surface area contributed by atoms with Gasteiger partial charge >= 0.3 is 0 Å². The molecule has 1 amide bonds. The van der Waals surface area contributed by atoms with Gasteiger partial charge in [-0.05, 0) is 17.8 Å². The van der Waals surface area contributed by atoms with Crippen molar-refractivity contribution in [2.45, 2.75) is 12.1 Å². The molecule has 0 aromatic carbocycles. The van der Waals surface area contributed by atoms with Crippen LogP contribution in [0.3, 0.4) is 0 Å². The van der Waals surface area contributed by atoms with Gasteiger partial charge in [0.1, 0.15) is 10.3 Å². The molecule has 0 unspecified atom stereocenters. The largest absolute Gasteiger partial charge is 0.312 e. The number of carbonyl (C=O) groups is 1. The summed E-state index contributed by atoms with van der Waals surface area (Å²) in [6.07, 6.45) is 1.97. The third-order valence-electron chi connectivity index (χ3n) is 1.93. The molecule has 0 aliphatic carbocycles. The second-order valence-corrected chi connectivity index (χ2v) is 4.55. The van der Waals surface area contributed by atoms with E-state index in [4.69, 9.17) is 0 Å². The van der Waals surface area contributed by atoms with Crippen molar-refractivity contribution in [2.24, 2.45) is 7.05 Å². The minimum Gasteiger partial charge on any atom is -0.312 e. The van der Waals surface area contributed by atoms with Gasteiger partial charge in [0.05, 0.1) is 0 Å². The first-order valence-corrected chi connectivity index (χ1v) is 6.27. The second-order valence-electron chi connectivity index (χ2n) is 3.02. The van der Waals surface area contributed by atoms with Crippen LogP contribution in [0.2, 0.25) is 0 Å². The van der Waals surface area contributed by atoms with Gasteiger partial charge in [0.15, 0.2) is 11.0 Å². The average Bonchev–Trinajstić information content (AvgIpc) is 2.68. The maximum Gasteiger partial charge on any atom is 0.222 e. The van der Waals surface area contributed by atoms with Crippen molar-refractivity contribution in [3.8, 4) is 0 Å². The molecule has 0 aliphatic heterocycles. The molecule has 0 atom stereocenters. The Kier molecular flexibility index (Phi) is 2.66. The topological polar surface area (TPSA) is 59.8 Å². The standard InChI is InChI=1S/C8H10N4OS2/c1-4(13)9-6-5-7(15-11-6)12(2)8(10-5)14-3/h1-3H3,(H,9,11,13). The number of carbonyl (C=O) groups excluding carboxylic acids is 1. The van der Waals surface area contributed by atoms with Crippen LogP contribution in [-0.2, 0) is 11.8 Å². The Morgan fingerprint density at radius 2 is 2.33 bits per heavy atom. The fraction of sp³-hybridized carbons (Fsp3) is 0.375. The third-order valence-corrected chi connectivity index (χ3v) is 3.57. The van der Waals surface area contributed by atoms with Gasteiger partial charge in [-0.25, -0.2) is 4.98 Å². The van der Waals surface area contributed by atoms with Crippen LogP contribution in [0, 0.1) is 0 Å². The number of rotatable bonds is 2. The average molecular weight is 242 g/mol. The molecule has 5 nitrogen and oxygen atoms in total. The number of aryl methyl sites for hydroxylation is 1. The van der Waals surface area contributed by atoms with Gasteiger partial charge in [-0.2, -0.15) is 4.37 Å². The van der Waals surface area contributed by atoms with Gasteiger partial charge in [0.2, 0.25) is 5.91 Å². The summed E-state index contributed by atoms with van der Waals surface area (Å²) < 4.78 is 6.12. The number of hydrogen-bond acceptors (Lipinski definition) is 5. The minimum atomic E-state index is -0.126. The summed E-state index contributed by atoms with van der Waals surface area (Å²) in [4.78, 5) is 16.3. The van der Waals surface area contributed by atoms with Gasteiger partial charge in [-0.3, -0.25) is 4.79 Å². The monoisotopic (exact) mass is 242 g/mol. The van der Waals surface area contributed by atoms with Crippen LogP contribution in [0.15, 0.2) is 5.16 Å². The summed E-state index contributed by atoms with van der Waals surface area (Å²) in [6, 6.07) is 0. The quantitative estimate of drug-likeness (QED) is 0.814. The van der Waals surface area contributed by atoms with Crippen LogP contribution in [0.1, 0.15) is 6.92 Å². The lowest BCUT2D eigenvalue weighted by Crippen LogP contribution is -2.06. The van der Waals surface area contributed by atoms with E-state index in [1.165, 1.54) is 18.5 Å². The van der Waals surface area contributed by atoms with E-state index in [1.54, 1.807) is 11.8 Å². The highest BCUT2D eigenvalue weighted by molar-refractivity contribution is 7.98. The molecule has 2 aromatic rings. The Morgan fingerprint density at radius 3 is 2.93 bits per heavy atom. The van der Waals surface area contributed by atoms with Crippen molar-refractivity contribution in [2.75, 3.05) is 11.6 Å². The van der Waals surface area contributed by atoms with E-state index >= 15 is 0 Å². The molecule has 2 aromatic heterocycles. The number of nitrogens with one attached hydrogen (secondary N) is 1. The first-order chi connectivity index (χ1) is 7.13. The molecule has 0 saturated carbocycles. The van der Waals surface area contributed by atoms with Crippen molar-refractivity contribution in [3.63, 3.8) is 0 Å². The molecule has 0 aliphatic rings. The molecule has 80 valence electrons. The van der Waals surface area contributed by atoms with Gasteiger partial charge < -0.3 is 9.88 Å². The highest BCUT2D eigenvalue weighted by atomic mass is 32.2. The smallest absolute Gasteiger partial charge is 0.222 e. The number of aromatic nitrogens is 3. The van der Waals surface area contributed by atoms with E-state index in [0.29, 0.717) is 5.82 Å². The summed E-state index contributed by atoms with van der Waals surface area (Å²) in [5, 5.41) is 3.59. The predicted molar refractivity (Wildman–Crippen MR) is 62.5 cm³/mol. The molecular weight excluding hydrogens is 232 g/mol. The minimum absolute atomic E-state index is 0.126. The molecule has 1 N–H and O–H groups in total. The number of hydrogen-bond donors (Lipinski definition) is 1. The Hall–Kier alpha value is -1.08. The number of anilines is 1. The Labute approximate surface area is 95.0 Å². The van der Waals surface area contributed by atoms with Crippen molar-refractivity contribution >= 4 is 45.4 Å². The van der Waals surface area contributed by atoms with E-state index in [-0.39, 0.29) is 5.91 Å². The fourth-order valence-electron chi connectivity index (χ4n) is 1.29. The second kappa shape index (κ2) is 3.82. The van der Waals surface area contributed by atoms with Gasteiger partial charge in [0.25, 0.3) is 0 Å². The number of amides is 1. The third kappa shape index (κ3) is 1.72. The first kappa shape index (κ1) is 10.4. The molecule has 0 fully saturated rings. The highest BCUT2D eigenvalue weighted by Crippen LogP contribution is 2.29. The normalized spacial score (nSPS) is 10.9. The van der Waals surface area contributed by atoms with E-state index in [9.17, 15) is 4.79 Å². The van der Waals surface area contributed by atoms with Crippen LogP contribution in [0.25, 0.3) is 10.3 Å². The fourth-order valence-corrected chi connectivity index (χ4v) is 2.64. The van der Waals surface area contributed by atoms with Crippen molar-refractivity contribution in [1.82, 2.24) is 13.9 Å². The van der Waals surface area contributed by atoms with Gasteiger partial charge in [-0.1, -0.05) is 11.8 Å². The van der Waals surface area contributed by atoms with E-state index < -0.39 is 0 Å². The van der Waals surface area contributed by atoms with Crippen LogP contribution in [-0.4, -0.2) is 26.1 Å². The van der Waals surface area contributed by atoms with E-state index in [0.717, 1.165) is 15.5 Å². The van der Waals surface area contributed by atoms with E-state index in [1.807, 2.05) is 17.9 Å². The lowest BCUT2D eigenvalue weighted by atomic mass is 10.5. The molecule has 0 spiro atoms. The van der Waals surface area contributed by atoms with Crippen LogP contribution >= 0.6 is 23.3 Å². The van der Waals surface area contributed by atoms with Crippen LogP contribution in [0.4, 0.5) is 5.82 Å². The molecule has 15 heavy (non-hydrogen) atoms. The predicted octanol–water partition coefficient (Wildman–Crippen LogP) is 1.71. The number of thioether (sulfide) groups is 1. The highest BCUT2D eigenvalue weighted by Gasteiger charge is 2.15. The van der Waals surface area contributed by atoms with Crippen molar-refractivity contribution in [3.05, 3.63) is 0 Å². The van der Waals surface area contributed by atoms with Gasteiger partial charge in [0, 0.05) is 14.0 Å². The molecular formula is C8H10N4OS2. The maximum atomic E-state index is 10.9. The zero-order valence-corrected chi connectivity index (χ0v) is 10.2. The molecule has 0 saturated heterocycles. The number of fused-ring (bicyclic) bond motifs is 1. The van der Waals surface area contributed by atoms with Crippen molar-refractivity contribution in [1.29, 1.82) is 0 Å². The number of nitrogens with zero attached hydrogens (tertiary/aromatic N) is 3. The lowest BCUT2D eigenvalue weighted by Gasteiger charge is -1.94. The summed E-state index contributed by atoms with van der Waals surface area (Å²) in [6.45, 7) is 1.46. The Morgan fingerprint density at radius 1 is 1.60 bits per heavy atom. The summed E-state index contributed by atoms with van der Waals surface area (Å²) in [5.41, 5.74) is 0.766. The van der Waals surface area contributed by atoms with Gasteiger partial charge in [-0.15, -0.1) is 0 Å². The summed E-state index contributed by atoms with van der Waals surface area (Å²) >= 11 is 2.91. The Bertz CT molecular complexity index is 516. The van der Waals surface area contributed by atoms with Crippen molar-refractivity contribution < 1.29 is 4.79 Å². The summed E-state index contributed by atoms with van der Waals surface area (Å²) in [5.74, 6) is 0.428. The first-order valence-electron chi connectivity index (χ1n) is 4.27. The molecule has 2 rings (SSSR count). The molecule has 7 heteroatoms.